The van der Waals surface area contributed by atoms with Crippen LogP contribution in [-0.4, -0.2) is 25.5 Å². The first-order valence-electron chi connectivity index (χ1n) is 5.64. The molecule has 0 aliphatic carbocycles. The third-order valence-corrected chi connectivity index (χ3v) is 1.95. The minimum absolute atomic E-state index is 0.107. The molecule has 0 heterocycles. The molecule has 0 radical (unpaired) electrons. The van der Waals surface area contributed by atoms with Crippen molar-refractivity contribution in [2.75, 3.05) is 19.6 Å². The summed E-state index contributed by atoms with van der Waals surface area (Å²) in [7, 11) is 0. The van der Waals surface area contributed by atoms with Gasteiger partial charge in [0.2, 0.25) is 5.91 Å². The molecule has 0 fully saturated rings. The van der Waals surface area contributed by atoms with Gasteiger partial charge in [-0.2, -0.15) is 0 Å². The van der Waals surface area contributed by atoms with Crippen molar-refractivity contribution in [3.05, 3.63) is 0 Å². The van der Waals surface area contributed by atoms with Crippen LogP contribution < -0.4 is 10.6 Å². The Hall–Kier alpha value is -0.570. The molecule has 0 bridgehead atoms. The molecule has 0 saturated carbocycles. The maximum Gasteiger partial charge on any atom is 0.233 e. The molecule has 14 heavy (non-hydrogen) atoms. The van der Waals surface area contributed by atoms with Crippen LogP contribution in [0, 0.1) is 5.92 Å². The maximum atomic E-state index is 11.2. The van der Waals surface area contributed by atoms with Gasteiger partial charge in [0.15, 0.2) is 0 Å². The molecule has 3 nitrogen and oxygen atoms in total. The zero-order valence-corrected chi connectivity index (χ0v) is 9.73. The van der Waals surface area contributed by atoms with Crippen molar-refractivity contribution in [3.63, 3.8) is 0 Å². The summed E-state index contributed by atoms with van der Waals surface area (Å²) < 4.78 is 0. The van der Waals surface area contributed by atoms with E-state index in [1.54, 1.807) is 0 Å². The van der Waals surface area contributed by atoms with Gasteiger partial charge in [-0.05, 0) is 18.9 Å². The lowest BCUT2D eigenvalue weighted by molar-refractivity contribution is -0.120. The Morgan fingerprint density at radius 3 is 2.57 bits per heavy atom. The van der Waals surface area contributed by atoms with E-state index in [0.29, 0.717) is 12.5 Å². The highest BCUT2D eigenvalue weighted by Crippen LogP contribution is 1.90. The van der Waals surface area contributed by atoms with Gasteiger partial charge in [0.1, 0.15) is 0 Å². The minimum atomic E-state index is 0.107. The SMILES string of the molecule is CCCCCNCC(=O)NCC(C)C. The summed E-state index contributed by atoms with van der Waals surface area (Å²) >= 11 is 0. The van der Waals surface area contributed by atoms with Crippen LogP contribution in [-0.2, 0) is 4.79 Å². The van der Waals surface area contributed by atoms with Crippen molar-refractivity contribution >= 4 is 5.91 Å². The van der Waals surface area contributed by atoms with Crippen LogP contribution in [0.15, 0.2) is 0 Å². The number of carbonyl (C=O) groups excluding carboxylic acids is 1. The Morgan fingerprint density at radius 1 is 1.29 bits per heavy atom. The van der Waals surface area contributed by atoms with Crippen molar-refractivity contribution < 1.29 is 4.79 Å². The number of carbonyl (C=O) groups is 1. The van der Waals surface area contributed by atoms with Crippen LogP contribution in [0.4, 0.5) is 0 Å². The van der Waals surface area contributed by atoms with Crippen LogP contribution >= 0.6 is 0 Å². The molecule has 0 aliphatic rings. The van der Waals surface area contributed by atoms with Crippen LogP contribution in [0.3, 0.4) is 0 Å². The fourth-order valence-electron chi connectivity index (χ4n) is 1.08. The molecule has 0 rings (SSSR count). The summed E-state index contributed by atoms with van der Waals surface area (Å²) in [4.78, 5) is 11.2. The Labute approximate surface area is 87.6 Å². The summed E-state index contributed by atoms with van der Waals surface area (Å²) in [5.41, 5.74) is 0. The molecule has 0 unspecified atom stereocenters. The quantitative estimate of drug-likeness (QED) is 0.584. The first-order chi connectivity index (χ1) is 6.66. The fraction of sp³-hybridized carbons (Fsp3) is 0.909. The van der Waals surface area contributed by atoms with Gasteiger partial charge in [0.25, 0.3) is 0 Å². The average Bonchev–Trinajstić information content (AvgIpc) is 2.14. The van der Waals surface area contributed by atoms with Gasteiger partial charge >= 0.3 is 0 Å². The zero-order chi connectivity index (χ0) is 10.8. The first-order valence-corrected chi connectivity index (χ1v) is 5.64. The van der Waals surface area contributed by atoms with E-state index < -0.39 is 0 Å². The number of amides is 1. The van der Waals surface area contributed by atoms with Crippen LogP contribution in [0.25, 0.3) is 0 Å². The second-order valence-corrected chi connectivity index (χ2v) is 4.08. The molecule has 0 aliphatic heterocycles. The van der Waals surface area contributed by atoms with Crippen molar-refractivity contribution in [2.24, 2.45) is 5.92 Å². The lowest BCUT2D eigenvalue weighted by Crippen LogP contribution is -2.36. The van der Waals surface area contributed by atoms with E-state index in [0.717, 1.165) is 19.5 Å². The Bertz CT molecular complexity index is 146. The molecule has 0 aromatic rings. The third kappa shape index (κ3) is 9.52. The molecule has 1 amide bonds. The van der Waals surface area contributed by atoms with Crippen LogP contribution in [0.1, 0.15) is 40.0 Å². The number of hydrogen-bond donors (Lipinski definition) is 2. The topological polar surface area (TPSA) is 41.1 Å². The predicted octanol–water partition coefficient (Wildman–Crippen LogP) is 1.54. The second-order valence-electron chi connectivity index (χ2n) is 4.08. The molecule has 0 saturated heterocycles. The van der Waals surface area contributed by atoms with Gasteiger partial charge < -0.3 is 10.6 Å². The summed E-state index contributed by atoms with van der Waals surface area (Å²) in [5.74, 6) is 0.634. The van der Waals surface area contributed by atoms with Gasteiger partial charge in [0, 0.05) is 6.54 Å². The van der Waals surface area contributed by atoms with Crippen molar-refractivity contribution in [1.29, 1.82) is 0 Å². The van der Waals surface area contributed by atoms with E-state index in [-0.39, 0.29) is 5.91 Å². The van der Waals surface area contributed by atoms with E-state index in [4.69, 9.17) is 0 Å². The number of hydrogen-bond acceptors (Lipinski definition) is 2. The molecule has 3 heteroatoms. The highest BCUT2D eigenvalue weighted by molar-refractivity contribution is 5.77. The molecule has 0 aromatic carbocycles. The normalized spacial score (nSPS) is 10.6. The van der Waals surface area contributed by atoms with E-state index in [1.165, 1.54) is 12.8 Å². The van der Waals surface area contributed by atoms with Gasteiger partial charge in [-0.25, -0.2) is 0 Å². The van der Waals surface area contributed by atoms with Gasteiger partial charge in [-0.1, -0.05) is 33.6 Å². The molecular formula is C11H24N2O. The number of nitrogens with one attached hydrogen (secondary N) is 2. The molecular weight excluding hydrogens is 176 g/mol. The smallest absolute Gasteiger partial charge is 0.233 e. The summed E-state index contributed by atoms with van der Waals surface area (Å²) in [6.45, 7) is 8.54. The van der Waals surface area contributed by atoms with E-state index >= 15 is 0 Å². The van der Waals surface area contributed by atoms with Gasteiger partial charge in [-0.3, -0.25) is 4.79 Å². The summed E-state index contributed by atoms with van der Waals surface area (Å²) in [5, 5.41) is 6.00. The first kappa shape index (κ1) is 13.4. The molecule has 0 atom stereocenters. The van der Waals surface area contributed by atoms with Crippen molar-refractivity contribution in [2.45, 2.75) is 40.0 Å². The standard InChI is InChI=1S/C11H24N2O/c1-4-5-6-7-12-9-11(14)13-8-10(2)3/h10,12H,4-9H2,1-3H3,(H,13,14). The lowest BCUT2D eigenvalue weighted by atomic mass is 10.2. The highest BCUT2D eigenvalue weighted by Gasteiger charge is 2.00. The minimum Gasteiger partial charge on any atom is -0.355 e. The van der Waals surface area contributed by atoms with E-state index in [9.17, 15) is 4.79 Å². The van der Waals surface area contributed by atoms with Gasteiger partial charge in [0.05, 0.1) is 6.54 Å². The summed E-state index contributed by atoms with van der Waals surface area (Å²) in [6.07, 6.45) is 3.62. The number of rotatable bonds is 8. The monoisotopic (exact) mass is 200 g/mol. The second kappa shape index (κ2) is 9.00. The predicted molar refractivity (Wildman–Crippen MR) is 60.2 cm³/mol. The zero-order valence-electron chi connectivity index (χ0n) is 9.73. The molecule has 0 spiro atoms. The van der Waals surface area contributed by atoms with E-state index in [1.807, 2.05) is 0 Å². The molecule has 2 N–H and O–H groups in total. The number of unbranched alkanes of at least 4 members (excludes halogenated alkanes) is 2. The third-order valence-electron chi connectivity index (χ3n) is 1.95. The lowest BCUT2D eigenvalue weighted by Gasteiger charge is -2.08. The maximum absolute atomic E-state index is 11.2. The Balaban J connectivity index is 3.18. The molecule has 0 aromatic heterocycles. The van der Waals surface area contributed by atoms with Gasteiger partial charge in [-0.15, -0.1) is 0 Å². The molecule has 84 valence electrons. The summed E-state index contributed by atoms with van der Waals surface area (Å²) in [6, 6.07) is 0. The van der Waals surface area contributed by atoms with Crippen molar-refractivity contribution in [1.82, 2.24) is 10.6 Å². The Morgan fingerprint density at radius 2 is 2.00 bits per heavy atom. The Kier molecular flexibility index (Phi) is 8.64. The fourth-order valence-corrected chi connectivity index (χ4v) is 1.08. The van der Waals surface area contributed by atoms with E-state index in [2.05, 4.69) is 31.4 Å². The average molecular weight is 200 g/mol. The van der Waals surface area contributed by atoms with Crippen molar-refractivity contribution in [3.8, 4) is 0 Å². The van der Waals surface area contributed by atoms with Crippen LogP contribution in [0.2, 0.25) is 0 Å². The largest absolute Gasteiger partial charge is 0.355 e. The van der Waals surface area contributed by atoms with Crippen LogP contribution in [0.5, 0.6) is 0 Å². The highest BCUT2D eigenvalue weighted by atomic mass is 16.1.